The van der Waals surface area contributed by atoms with Crippen LogP contribution in [0, 0.1) is 0 Å². The highest BCUT2D eigenvalue weighted by atomic mass is 16.5. The Labute approximate surface area is 111 Å². The molecule has 0 fully saturated rings. The molecule has 0 aromatic heterocycles. The first-order valence-corrected chi connectivity index (χ1v) is 6.27. The first-order valence-electron chi connectivity index (χ1n) is 6.27. The van der Waals surface area contributed by atoms with Crippen molar-refractivity contribution in [3.63, 3.8) is 0 Å². The third-order valence-corrected chi connectivity index (χ3v) is 3.34. The summed E-state index contributed by atoms with van der Waals surface area (Å²) in [5.41, 5.74) is 3.44. The lowest BCUT2D eigenvalue weighted by atomic mass is 9.99. The summed E-state index contributed by atoms with van der Waals surface area (Å²) in [5, 5.41) is 9.03. The number of fused-ring (bicyclic) bond motifs is 1. The fraction of sp³-hybridized carbons (Fsp3) is 0.188. The van der Waals surface area contributed by atoms with Gasteiger partial charge in [-0.05, 0) is 47.9 Å². The molecule has 2 aromatic carbocycles. The monoisotopic (exact) mass is 254 g/mol. The van der Waals surface area contributed by atoms with Crippen molar-refractivity contribution in [1.82, 2.24) is 0 Å². The number of carboxylic acid groups (broad SMARTS) is 1. The van der Waals surface area contributed by atoms with Crippen LogP contribution >= 0.6 is 0 Å². The van der Waals surface area contributed by atoms with E-state index in [0.717, 1.165) is 23.3 Å². The maximum atomic E-state index is 11.0. The van der Waals surface area contributed by atoms with E-state index >= 15 is 0 Å². The molecule has 0 saturated heterocycles. The van der Waals surface area contributed by atoms with Crippen LogP contribution in [0.4, 0.5) is 0 Å². The molecule has 1 heterocycles. The van der Waals surface area contributed by atoms with Crippen molar-refractivity contribution in [2.45, 2.75) is 19.4 Å². The van der Waals surface area contributed by atoms with E-state index in [-0.39, 0.29) is 6.10 Å². The van der Waals surface area contributed by atoms with Crippen LogP contribution in [-0.4, -0.2) is 17.2 Å². The molecule has 96 valence electrons. The molecular formula is C16H14O3. The Morgan fingerprint density at radius 3 is 2.79 bits per heavy atom. The second kappa shape index (κ2) is 4.43. The van der Waals surface area contributed by atoms with Crippen molar-refractivity contribution in [2.24, 2.45) is 0 Å². The van der Waals surface area contributed by atoms with Crippen molar-refractivity contribution in [3.8, 4) is 16.9 Å². The smallest absolute Gasteiger partial charge is 0.335 e. The average Bonchev–Trinajstić information content (AvgIpc) is 2.77. The van der Waals surface area contributed by atoms with Gasteiger partial charge in [-0.2, -0.15) is 0 Å². The van der Waals surface area contributed by atoms with Gasteiger partial charge in [-0.15, -0.1) is 0 Å². The fourth-order valence-electron chi connectivity index (χ4n) is 2.43. The van der Waals surface area contributed by atoms with Gasteiger partial charge in [0.2, 0.25) is 0 Å². The summed E-state index contributed by atoms with van der Waals surface area (Å²) in [6, 6.07) is 13.0. The average molecular weight is 254 g/mol. The molecule has 0 spiro atoms. The van der Waals surface area contributed by atoms with Crippen LogP contribution in [0.1, 0.15) is 22.8 Å². The minimum absolute atomic E-state index is 0.218. The van der Waals surface area contributed by atoms with Gasteiger partial charge in [0, 0.05) is 6.42 Å². The molecule has 3 heteroatoms. The zero-order valence-corrected chi connectivity index (χ0v) is 10.6. The second-order valence-electron chi connectivity index (χ2n) is 4.84. The molecule has 0 aliphatic carbocycles. The fourth-order valence-corrected chi connectivity index (χ4v) is 2.43. The normalized spacial score (nSPS) is 16.8. The lowest BCUT2D eigenvalue weighted by Crippen LogP contribution is -2.05. The zero-order chi connectivity index (χ0) is 13.4. The van der Waals surface area contributed by atoms with Gasteiger partial charge in [0.05, 0.1) is 5.56 Å². The van der Waals surface area contributed by atoms with E-state index < -0.39 is 5.97 Å². The number of aromatic carboxylic acids is 1. The topological polar surface area (TPSA) is 46.5 Å². The molecule has 2 aromatic rings. The summed E-state index contributed by atoms with van der Waals surface area (Å²) in [6.07, 6.45) is 1.12. The van der Waals surface area contributed by atoms with Gasteiger partial charge >= 0.3 is 5.97 Å². The lowest BCUT2D eigenvalue weighted by molar-refractivity contribution is 0.0697. The molecule has 0 amide bonds. The summed E-state index contributed by atoms with van der Waals surface area (Å²) < 4.78 is 5.67. The Kier molecular flexibility index (Phi) is 2.75. The first-order chi connectivity index (χ1) is 9.13. The van der Waals surface area contributed by atoms with Gasteiger partial charge in [0.1, 0.15) is 11.9 Å². The maximum Gasteiger partial charge on any atom is 0.335 e. The Balaban J connectivity index is 2.01. The third kappa shape index (κ3) is 2.19. The van der Waals surface area contributed by atoms with Gasteiger partial charge in [-0.1, -0.05) is 18.2 Å². The molecule has 1 N–H and O–H groups in total. The van der Waals surface area contributed by atoms with Crippen molar-refractivity contribution >= 4 is 5.97 Å². The summed E-state index contributed by atoms with van der Waals surface area (Å²) in [7, 11) is 0. The largest absolute Gasteiger partial charge is 0.490 e. The number of ether oxygens (including phenoxy) is 1. The highest BCUT2D eigenvalue weighted by Gasteiger charge is 2.19. The van der Waals surface area contributed by atoms with Crippen molar-refractivity contribution in [2.75, 3.05) is 0 Å². The van der Waals surface area contributed by atoms with E-state index in [2.05, 4.69) is 6.07 Å². The lowest BCUT2D eigenvalue weighted by Gasteiger charge is -2.05. The number of hydrogen-bond acceptors (Lipinski definition) is 2. The van der Waals surface area contributed by atoms with E-state index in [4.69, 9.17) is 9.84 Å². The molecular weight excluding hydrogens is 240 g/mol. The van der Waals surface area contributed by atoms with Crippen LogP contribution in [-0.2, 0) is 6.42 Å². The van der Waals surface area contributed by atoms with Gasteiger partial charge in [-0.25, -0.2) is 4.79 Å². The SMILES string of the molecule is CC1Cc2cc(-c3cccc(C(=O)O)c3)ccc2O1. The highest BCUT2D eigenvalue weighted by molar-refractivity contribution is 5.89. The summed E-state index contributed by atoms with van der Waals surface area (Å²) in [5.74, 6) is 0.0330. The molecule has 19 heavy (non-hydrogen) atoms. The van der Waals surface area contributed by atoms with Crippen LogP contribution in [0.25, 0.3) is 11.1 Å². The predicted octanol–water partition coefficient (Wildman–Crippen LogP) is 3.38. The minimum Gasteiger partial charge on any atom is -0.490 e. The van der Waals surface area contributed by atoms with Crippen LogP contribution in [0.5, 0.6) is 5.75 Å². The number of carboxylic acids is 1. The van der Waals surface area contributed by atoms with Gasteiger partial charge in [-0.3, -0.25) is 0 Å². The van der Waals surface area contributed by atoms with Gasteiger partial charge in [0.15, 0.2) is 0 Å². The van der Waals surface area contributed by atoms with E-state index in [9.17, 15) is 4.79 Å². The van der Waals surface area contributed by atoms with Gasteiger partial charge < -0.3 is 9.84 Å². The van der Waals surface area contributed by atoms with Crippen LogP contribution < -0.4 is 4.74 Å². The van der Waals surface area contributed by atoms with Crippen LogP contribution in [0.15, 0.2) is 42.5 Å². The molecule has 0 radical (unpaired) electrons. The van der Waals surface area contributed by atoms with Crippen molar-refractivity contribution < 1.29 is 14.6 Å². The molecule has 0 bridgehead atoms. The molecule has 3 nitrogen and oxygen atoms in total. The van der Waals surface area contributed by atoms with E-state index in [1.807, 2.05) is 25.1 Å². The van der Waals surface area contributed by atoms with E-state index in [1.165, 1.54) is 5.56 Å². The molecule has 0 saturated carbocycles. The Morgan fingerprint density at radius 2 is 2.00 bits per heavy atom. The molecule has 3 rings (SSSR count). The third-order valence-electron chi connectivity index (χ3n) is 3.34. The Bertz CT molecular complexity index is 646. The van der Waals surface area contributed by atoms with E-state index in [1.54, 1.807) is 18.2 Å². The van der Waals surface area contributed by atoms with Crippen LogP contribution in [0.3, 0.4) is 0 Å². The predicted molar refractivity (Wildman–Crippen MR) is 72.6 cm³/mol. The molecule has 1 atom stereocenters. The number of rotatable bonds is 2. The Hall–Kier alpha value is -2.29. The molecule has 1 aliphatic heterocycles. The maximum absolute atomic E-state index is 11.0. The Morgan fingerprint density at radius 1 is 1.21 bits per heavy atom. The van der Waals surface area contributed by atoms with Gasteiger partial charge in [0.25, 0.3) is 0 Å². The van der Waals surface area contributed by atoms with E-state index in [0.29, 0.717) is 5.56 Å². The second-order valence-corrected chi connectivity index (χ2v) is 4.84. The number of benzene rings is 2. The first kappa shape index (κ1) is 11.8. The zero-order valence-electron chi connectivity index (χ0n) is 10.6. The van der Waals surface area contributed by atoms with Crippen LogP contribution in [0.2, 0.25) is 0 Å². The minimum atomic E-state index is -0.903. The summed E-state index contributed by atoms with van der Waals surface area (Å²) in [4.78, 5) is 11.0. The van der Waals surface area contributed by atoms with Crippen molar-refractivity contribution in [3.05, 3.63) is 53.6 Å². The number of hydrogen-bond donors (Lipinski definition) is 1. The molecule has 1 unspecified atom stereocenters. The highest BCUT2D eigenvalue weighted by Crippen LogP contribution is 2.33. The quantitative estimate of drug-likeness (QED) is 0.893. The standard InChI is InChI=1S/C16H14O3/c1-10-7-14-9-12(5-6-15(14)19-10)11-3-2-4-13(8-11)16(17)18/h2-6,8-10H,7H2,1H3,(H,17,18). The molecule has 1 aliphatic rings. The summed E-state index contributed by atoms with van der Waals surface area (Å²) in [6.45, 7) is 2.05. The number of carbonyl (C=O) groups is 1. The van der Waals surface area contributed by atoms with Crippen molar-refractivity contribution in [1.29, 1.82) is 0 Å². The summed E-state index contributed by atoms with van der Waals surface area (Å²) >= 11 is 0.